The second kappa shape index (κ2) is 7.63. The molecule has 7 nitrogen and oxygen atoms in total. The minimum absolute atomic E-state index is 0.155. The second-order valence-electron chi connectivity index (χ2n) is 7.94. The number of aromatic nitrogens is 3. The number of nitrogens with one attached hydrogen (secondary N) is 1. The van der Waals surface area contributed by atoms with E-state index in [2.05, 4.69) is 10.1 Å². The smallest absolute Gasteiger partial charge is 0.251 e. The van der Waals surface area contributed by atoms with E-state index in [-0.39, 0.29) is 11.5 Å². The third-order valence-corrected chi connectivity index (χ3v) is 8.05. The Morgan fingerprint density at radius 2 is 2.07 bits per heavy atom. The molecule has 1 N–H and O–H groups in total. The second-order valence-corrected chi connectivity index (χ2v) is 10.4. The average Bonchev–Trinajstić information content (AvgIpc) is 3.35. The number of hydrogen-bond donors (Lipinski definition) is 1. The van der Waals surface area contributed by atoms with Crippen molar-refractivity contribution in [2.24, 2.45) is 0 Å². The van der Waals surface area contributed by atoms with E-state index in [4.69, 9.17) is 0 Å². The Labute approximate surface area is 174 Å². The van der Waals surface area contributed by atoms with Gasteiger partial charge in [0.25, 0.3) is 5.56 Å². The lowest BCUT2D eigenvalue weighted by Crippen LogP contribution is -2.34. The van der Waals surface area contributed by atoms with Crippen molar-refractivity contribution in [1.29, 1.82) is 0 Å². The van der Waals surface area contributed by atoms with Crippen molar-refractivity contribution >= 4 is 20.9 Å². The quantitative estimate of drug-likeness (QED) is 0.671. The van der Waals surface area contributed by atoms with Gasteiger partial charge < -0.3 is 4.98 Å². The normalized spacial score (nSPS) is 18.0. The van der Waals surface area contributed by atoms with Crippen molar-refractivity contribution in [3.63, 3.8) is 0 Å². The van der Waals surface area contributed by atoms with Gasteiger partial charge in [-0.2, -0.15) is 5.10 Å². The molecule has 160 valence electrons. The third kappa shape index (κ3) is 3.45. The molecule has 3 heterocycles. The fraction of sp³-hybridized carbons (Fsp3) is 0.429. The number of aromatic amines is 1. The van der Waals surface area contributed by atoms with E-state index in [1.807, 2.05) is 13.0 Å². The summed E-state index contributed by atoms with van der Waals surface area (Å²) in [6.45, 7) is 6.57. The summed E-state index contributed by atoms with van der Waals surface area (Å²) in [5, 5.41) is 4.14. The first kappa shape index (κ1) is 20.7. The highest BCUT2D eigenvalue weighted by atomic mass is 32.2. The highest BCUT2D eigenvalue weighted by molar-refractivity contribution is 7.89. The maximum absolute atomic E-state index is 14.5. The number of pyridine rings is 1. The number of hydrogen-bond acceptors (Lipinski definition) is 4. The van der Waals surface area contributed by atoms with Crippen LogP contribution in [0.1, 0.15) is 38.7 Å². The number of rotatable bonds is 5. The van der Waals surface area contributed by atoms with Crippen molar-refractivity contribution in [3.8, 4) is 11.3 Å². The lowest BCUT2D eigenvalue weighted by atomic mass is 9.99. The van der Waals surface area contributed by atoms with Gasteiger partial charge in [0.2, 0.25) is 10.0 Å². The van der Waals surface area contributed by atoms with Crippen LogP contribution in [0.15, 0.2) is 35.3 Å². The molecule has 0 amide bonds. The van der Waals surface area contributed by atoms with Crippen molar-refractivity contribution in [2.75, 3.05) is 13.1 Å². The Balaban J connectivity index is 1.65. The number of benzene rings is 1. The van der Waals surface area contributed by atoms with Crippen LogP contribution >= 0.6 is 0 Å². The van der Waals surface area contributed by atoms with Crippen molar-refractivity contribution in [1.82, 2.24) is 19.1 Å². The summed E-state index contributed by atoms with van der Waals surface area (Å²) < 4.78 is 42.5. The molecule has 0 spiro atoms. The van der Waals surface area contributed by atoms with Crippen LogP contribution in [0.2, 0.25) is 0 Å². The van der Waals surface area contributed by atoms with Crippen molar-refractivity contribution < 1.29 is 12.8 Å². The van der Waals surface area contributed by atoms with Gasteiger partial charge in [-0.15, -0.1) is 0 Å². The number of halogens is 1. The van der Waals surface area contributed by atoms with Gasteiger partial charge in [0.05, 0.1) is 22.3 Å². The number of H-pyrrole nitrogens is 1. The topological polar surface area (TPSA) is 88.1 Å². The Morgan fingerprint density at radius 3 is 2.73 bits per heavy atom. The first-order valence-electron chi connectivity index (χ1n) is 10.1. The van der Waals surface area contributed by atoms with Crippen LogP contribution in [0.3, 0.4) is 0 Å². The van der Waals surface area contributed by atoms with Crippen molar-refractivity contribution in [3.05, 3.63) is 52.2 Å². The van der Waals surface area contributed by atoms with Gasteiger partial charge in [0.1, 0.15) is 5.82 Å². The summed E-state index contributed by atoms with van der Waals surface area (Å²) in [4.78, 5) is 15.6. The number of fused-ring (bicyclic) bond motifs is 1. The molecule has 1 aliphatic rings. The molecule has 0 saturated carbocycles. The summed E-state index contributed by atoms with van der Waals surface area (Å²) in [5.41, 5.74) is 2.03. The van der Waals surface area contributed by atoms with Gasteiger partial charge in [0.15, 0.2) is 0 Å². The minimum atomic E-state index is -3.34. The van der Waals surface area contributed by atoms with E-state index in [1.165, 1.54) is 16.6 Å². The highest BCUT2D eigenvalue weighted by Gasteiger charge is 2.34. The van der Waals surface area contributed by atoms with E-state index < -0.39 is 21.1 Å². The monoisotopic (exact) mass is 432 g/mol. The molecule has 1 aliphatic heterocycles. The zero-order chi connectivity index (χ0) is 21.6. The van der Waals surface area contributed by atoms with Crippen LogP contribution < -0.4 is 5.56 Å². The van der Waals surface area contributed by atoms with E-state index in [0.29, 0.717) is 53.8 Å². The Morgan fingerprint density at radius 1 is 1.30 bits per heavy atom. The van der Waals surface area contributed by atoms with Crippen LogP contribution in [-0.2, 0) is 16.6 Å². The molecule has 1 aromatic carbocycles. The minimum Gasteiger partial charge on any atom is -0.322 e. The number of nitrogens with zero attached hydrogens (tertiary/aromatic N) is 3. The summed E-state index contributed by atoms with van der Waals surface area (Å²) in [7, 11) is -3.34. The lowest BCUT2D eigenvalue weighted by Gasteiger charge is -2.19. The van der Waals surface area contributed by atoms with E-state index in [1.54, 1.807) is 30.7 Å². The molecule has 4 rings (SSSR count). The van der Waals surface area contributed by atoms with Gasteiger partial charge in [-0.05, 0) is 45.4 Å². The standard InChI is InChI=1S/C21H25FN4O3S/c1-4-26-20-10-15(9-18(22)17(20)11-23-26)19-6-5-16(21(27)24-19)14-7-8-25(12-14)30(28,29)13(2)3/h5-6,9-11,13-14H,4,7-8,12H2,1-3H3,(H,24,27). The fourth-order valence-corrected chi connectivity index (χ4v) is 5.37. The van der Waals surface area contributed by atoms with Gasteiger partial charge in [0, 0.05) is 42.4 Å². The van der Waals surface area contributed by atoms with Crippen LogP contribution in [0.25, 0.3) is 22.2 Å². The van der Waals surface area contributed by atoms with E-state index in [9.17, 15) is 17.6 Å². The predicted octanol–water partition coefficient (Wildman–Crippen LogP) is 3.08. The van der Waals surface area contributed by atoms with Gasteiger partial charge in [-0.1, -0.05) is 6.07 Å². The third-order valence-electron chi connectivity index (χ3n) is 5.81. The number of sulfonamides is 1. The molecule has 1 unspecified atom stereocenters. The molecular weight excluding hydrogens is 407 g/mol. The van der Waals surface area contributed by atoms with Gasteiger partial charge in [-0.3, -0.25) is 9.48 Å². The molecule has 30 heavy (non-hydrogen) atoms. The van der Waals surface area contributed by atoms with Gasteiger partial charge in [-0.25, -0.2) is 17.1 Å². The molecule has 9 heteroatoms. The summed E-state index contributed by atoms with van der Waals surface area (Å²) in [6.07, 6.45) is 2.10. The van der Waals surface area contributed by atoms with Crippen LogP contribution in [-0.4, -0.2) is 45.8 Å². The zero-order valence-corrected chi connectivity index (χ0v) is 18.0. The Hall–Kier alpha value is -2.52. The van der Waals surface area contributed by atoms with E-state index >= 15 is 0 Å². The van der Waals surface area contributed by atoms with Gasteiger partial charge >= 0.3 is 0 Å². The summed E-state index contributed by atoms with van der Waals surface area (Å²) in [6, 6.07) is 6.68. The van der Waals surface area contributed by atoms with Crippen LogP contribution in [0, 0.1) is 5.82 Å². The van der Waals surface area contributed by atoms with E-state index in [0.717, 1.165) is 0 Å². The SMILES string of the molecule is CCn1ncc2c(F)cc(-c3ccc(C4CCN(S(=O)(=O)C(C)C)C4)c(=O)[nH]3)cc21. The molecule has 0 radical (unpaired) electrons. The maximum atomic E-state index is 14.5. The summed E-state index contributed by atoms with van der Waals surface area (Å²) >= 11 is 0. The molecule has 1 fully saturated rings. The Bertz CT molecular complexity index is 1260. The first-order valence-corrected chi connectivity index (χ1v) is 11.6. The van der Waals surface area contributed by atoms with Crippen LogP contribution in [0.5, 0.6) is 0 Å². The Kier molecular flexibility index (Phi) is 5.27. The maximum Gasteiger partial charge on any atom is 0.251 e. The molecule has 0 aliphatic carbocycles. The molecule has 0 bridgehead atoms. The summed E-state index contributed by atoms with van der Waals surface area (Å²) in [5.74, 6) is -0.547. The first-order chi connectivity index (χ1) is 14.2. The molecular formula is C21H25FN4O3S. The number of aryl methyl sites for hydroxylation is 1. The molecule has 1 saturated heterocycles. The van der Waals surface area contributed by atoms with Crippen LogP contribution in [0.4, 0.5) is 4.39 Å². The zero-order valence-electron chi connectivity index (χ0n) is 17.2. The lowest BCUT2D eigenvalue weighted by molar-refractivity contribution is 0.465. The largest absolute Gasteiger partial charge is 0.322 e. The fourth-order valence-electron chi connectivity index (χ4n) is 4.03. The van der Waals surface area contributed by atoms with Crippen molar-refractivity contribution in [2.45, 2.75) is 44.9 Å². The average molecular weight is 433 g/mol. The highest BCUT2D eigenvalue weighted by Crippen LogP contribution is 2.30. The molecule has 3 aromatic rings. The molecule has 2 aromatic heterocycles. The predicted molar refractivity (Wildman–Crippen MR) is 114 cm³/mol. The molecule has 1 atom stereocenters.